The molecule has 2 aromatic heterocycles. The Labute approximate surface area is 262 Å². The maximum atomic E-state index is 13.0. The van der Waals surface area contributed by atoms with Crippen LogP contribution in [0.2, 0.25) is 0 Å². The highest BCUT2D eigenvalue weighted by atomic mass is 32.1. The molecule has 45 heavy (non-hydrogen) atoms. The molecule has 0 bridgehead atoms. The van der Waals surface area contributed by atoms with Gasteiger partial charge < -0.3 is 15.2 Å². The van der Waals surface area contributed by atoms with Crippen molar-refractivity contribution in [3.05, 3.63) is 133 Å². The van der Waals surface area contributed by atoms with E-state index in [1.165, 1.54) is 17.4 Å². The smallest absolute Gasteiger partial charge is 0.340 e. The Morgan fingerprint density at radius 3 is 2.31 bits per heavy atom. The van der Waals surface area contributed by atoms with Gasteiger partial charge in [-0.15, -0.1) is 11.3 Å². The zero-order valence-corrected chi connectivity index (χ0v) is 25.2. The SMILES string of the molecule is COc1ccc(CN2CCc3c(sc(Nn4c(=O)c4=O)c3C(=O)O)C2CNC(=O)/C=C/c2ccc(-c3ccccc3)cc2)cc1. The lowest BCUT2D eigenvalue weighted by Gasteiger charge is -2.36. The first-order valence-corrected chi connectivity index (χ1v) is 15.2. The van der Waals surface area contributed by atoms with Crippen molar-refractivity contribution in [2.75, 3.05) is 25.6 Å². The Balaban J connectivity index is 1.22. The monoisotopic (exact) mass is 622 g/mol. The van der Waals surface area contributed by atoms with E-state index in [1.54, 1.807) is 13.2 Å². The number of rotatable bonds is 11. The van der Waals surface area contributed by atoms with Crippen molar-refractivity contribution in [2.24, 2.45) is 0 Å². The molecule has 5 aromatic rings. The number of amides is 1. The molecular weight excluding hydrogens is 592 g/mol. The van der Waals surface area contributed by atoms with Gasteiger partial charge in [-0.05, 0) is 52.4 Å². The molecular formula is C34H30N4O6S. The van der Waals surface area contributed by atoms with Gasteiger partial charge in [0.2, 0.25) is 5.91 Å². The number of aromatic nitrogens is 1. The fourth-order valence-electron chi connectivity index (χ4n) is 5.44. The molecule has 1 amide bonds. The first-order valence-electron chi connectivity index (χ1n) is 14.3. The van der Waals surface area contributed by atoms with Crippen molar-refractivity contribution < 1.29 is 19.4 Å². The number of nitrogens with zero attached hydrogens (tertiary/aromatic N) is 2. The molecule has 3 aromatic carbocycles. The maximum Gasteiger partial charge on any atom is 0.340 e. The Kier molecular flexibility index (Phi) is 8.45. The molecule has 1 atom stereocenters. The Morgan fingerprint density at radius 2 is 1.67 bits per heavy atom. The van der Waals surface area contributed by atoms with Gasteiger partial charge in [0, 0.05) is 30.6 Å². The molecule has 3 N–H and O–H groups in total. The van der Waals surface area contributed by atoms with Gasteiger partial charge in [-0.1, -0.05) is 66.7 Å². The number of fused-ring (bicyclic) bond motifs is 1. The summed E-state index contributed by atoms with van der Waals surface area (Å²) in [5.74, 6) is -0.694. The minimum Gasteiger partial charge on any atom is -0.497 e. The summed E-state index contributed by atoms with van der Waals surface area (Å²) in [6.07, 6.45) is 3.69. The van der Waals surface area contributed by atoms with Crippen LogP contribution in [0.25, 0.3) is 17.2 Å². The number of benzene rings is 3. The van der Waals surface area contributed by atoms with Gasteiger partial charge in [0.1, 0.15) is 10.8 Å². The minimum absolute atomic E-state index is 0.0433. The van der Waals surface area contributed by atoms with Crippen molar-refractivity contribution in [1.82, 2.24) is 14.9 Å². The van der Waals surface area contributed by atoms with E-state index >= 15 is 0 Å². The molecule has 6 rings (SSSR count). The van der Waals surface area contributed by atoms with Crippen LogP contribution in [0.4, 0.5) is 5.00 Å². The molecule has 0 saturated heterocycles. The van der Waals surface area contributed by atoms with Crippen LogP contribution in [0.5, 0.6) is 5.75 Å². The number of carboxylic acid groups (broad SMARTS) is 1. The minimum atomic E-state index is -1.15. The average Bonchev–Trinajstić information content (AvgIpc) is 3.43. The zero-order chi connectivity index (χ0) is 31.5. The molecule has 1 unspecified atom stereocenters. The third-order valence-electron chi connectivity index (χ3n) is 7.86. The van der Waals surface area contributed by atoms with Crippen LogP contribution in [0.15, 0.2) is 94.5 Å². The van der Waals surface area contributed by atoms with E-state index in [0.717, 1.165) is 37.6 Å². The summed E-state index contributed by atoms with van der Waals surface area (Å²) in [6.45, 7) is 1.32. The van der Waals surface area contributed by atoms with Crippen molar-refractivity contribution in [2.45, 2.75) is 19.0 Å². The summed E-state index contributed by atoms with van der Waals surface area (Å²) in [4.78, 5) is 51.5. The second kappa shape index (κ2) is 12.8. The predicted octanol–water partition coefficient (Wildman–Crippen LogP) is 4.32. The fraction of sp³-hybridized carbons (Fsp3) is 0.176. The first kappa shape index (κ1) is 29.8. The molecule has 1 aliphatic rings. The van der Waals surface area contributed by atoms with Crippen LogP contribution in [-0.4, -0.2) is 46.8 Å². The summed E-state index contributed by atoms with van der Waals surface area (Å²) in [5.41, 5.74) is 6.03. The number of nitrogens with one attached hydrogen (secondary N) is 2. The van der Waals surface area contributed by atoms with Crippen LogP contribution in [0.3, 0.4) is 0 Å². The van der Waals surface area contributed by atoms with Gasteiger partial charge in [-0.25, -0.2) is 4.79 Å². The number of methoxy groups -OCH3 is 1. The zero-order valence-electron chi connectivity index (χ0n) is 24.4. The highest BCUT2D eigenvalue weighted by Gasteiger charge is 2.35. The Hall–Kier alpha value is -5.26. The van der Waals surface area contributed by atoms with E-state index in [0.29, 0.717) is 25.1 Å². The number of carbonyl (C=O) groups is 2. The number of aromatic carboxylic acids is 1. The van der Waals surface area contributed by atoms with Crippen LogP contribution < -0.4 is 26.6 Å². The van der Waals surface area contributed by atoms with E-state index < -0.39 is 17.1 Å². The molecule has 0 radical (unpaired) electrons. The second-order valence-corrected chi connectivity index (χ2v) is 11.7. The quantitative estimate of drug-likeness (QED) is 0.147. The molecule has 0 spiro atoms. The van der Waals surface area contributed by atoms with Gasteiger partial charge in [-0.3, -0.25) is 24.7 Å². The number of thiophene rings is 1. The largest absolute Gasteiger partial charge is 0.497 e. The number of hydrogen-bond acceptors (Lipinski definition) is 8. The van der Waals surface area contributed by atoms with E-state index in [1.807, 2.05) is 78.9 Å². The molecule has 0 aliphatic carbocycles. The topological polar surface area (TPSA) is 130 Å². The fourth-order valence-corrected chi connectivity index (χ4v) is 6.81. The standard InChI is InChI=1S/C34H30N4O6S/c1-44-25-14-9-22(10-15-25)20-37-18-17-26-29(34(42)43)31(36-38-32(40)33(38)41)45-30(26)27(37)19-35-28(39)16-11-21-7-12-24(13-8-21)23-5-3-2-4-6-23/h2-16,27,36H,17-20H2,1H3,(H,35,39)(H,42,43)/b16-11+. The van der Waals surface area contributed by atoms with Crippen molar-refractivity contribution in [3.8, 4) is 16.9 Å². The predicted molar refractivity (Wildman–Crippen MR) is 173 cm³/mol. The normalized spacial score (nSPS) is 14.8. The molecule has 228 valence electrons. The lowest BCUT2D eigenvalue weighted by atomic mass is 9.96. The highest BCUT2D eigenvalue weighted by molar-refractivity contribution is 7.16. The van der Waals surface area contributed by atoms with E-state index in [9.17, 15) is 24.3 Å². The van der Waals surface area contributed by atoms with Crippen LogP contribution in [0, 0.1) is 0 Å². The highest BCUT2D eigenvalue weighted by Crippen LogP contribution is 2.43. The summed E-state index contributed by atoms with van der Waals surface area (Å²) < 4.78 is 6.08. The Morgan fingerprint density at radius 1 is 0.978 bits per heavy atom. The summed E-state index contributed by atoms with van der Waals surface area (Å²) in [5, 5.41) is 13.3. The molecule has 0 saturated carbocycles. The molecule has 11 heteroatoms. The van der Waals surface area contributed by atoms with Gasteiger partial charge >= 0.3 is 17.1 Å². The molecule has 1 aliphatic heterocycles. The molecule has 10 nitrogen and oxygen atoms in total. The lowest BCUT2D eigenvalue weighted by molar-refractivity contribution is -0.116. The number of ether oxygens (including phenoxy) is 1. The van der Waals surface area contributed by atoms with Crippen LogP contribution >= 0.6 is 11.3 Å². The lowest BCUT2D eigenvalue weighted by Crippen LogP contribution is -2.41. The third-order valence-corrected chi connectivity index (χ3v) is 9.09. The van der Waals surface area contributed by atoms with Crippen LogP contribution in [0.1, 0.15) is 38.0 Å². The first-order chi connectivity index (χ1) is 21.8. The number of carbonyl (C=O) groups excluding carboxylic acids is 1. The van der Waals surface area contributed by atoms with E-state index in [2.05, 4.69) is 15.6 Å². The van der Waals surface area contributed by atoms with E-state index in [4.69, 9.17) is 4.74 Å². The summed E-state index contributed by atoms with van der Waals surface area (Å²) >= 11 is 1.18. The maximum absolute atomic E-state index is 13.0. The number of hydrogen-bond donors (Lipinski definition) is 3. The van der Waals surface area contributed by atoms with Gasteiger partial charge in [0.25, 0.3) is 0 Å². The second-order valence-electron chi connectivity index (χ2n) is 10.7. The summed E-state index contributed by atoms with van der Waals surface area (Å²) in [7, 11) is 1.61. The van der Waals surface area contributed by atoms with Gasteiger partial charge in [0.05, 0.1) is 18.7 Å². The van der Waals surface area contributed by atoms with Crippen molar-refractivity contribution in [1.29, 1.82) is 0 Å². The Bertz CT molecular complexity index is 1910. The summed E-state index contributed by atoms with van der Waals surface area (Å²) in [6, 6.07) is 25.3. The molecule has 3 heterocycles. The van der Waals surface area contributed by atoms with Gasteiger partial charge in [0.15, 0.2) is 0 Å². The third kappa shape index (κ3) is 6.49. The average molecular weight is 623 g/mol. The van der Waals surface area contributed by atoms with E-state index in [-0.39, 0.29) is 29.1 Å². The number of anilines is 1. The van der Waals surface area contributed by atoms with Crippen molar-refractivity contribution >= 4 is 34.3 Å². The number of carboxylic acids is 1. The van der Waals surface area contributed by atoms with Gasteiger partial charge in [-0.2, -0.15) is 4.68 Å². The molecule has 0 fully saturated rings. The van der Waals surface area contributed by atoms with Crippen LogP contribution in [-0.2, 0) is 17.8 Å². The van der Waals surface area contributed by atoms with Crippen molar-refractivity contribution in [3.63, 3.8) is 0 Å².